The number of aromatic nitrogens is 2. The molecule has 1 atom stereocenters. The molecule has 1 aliphatic heterocycles. The van der Waals surface area contributed by atoms with Crippen LogP contribution in [-0.2, 0) is 0 Å². The monoisotopic (exact) mass is 364 g/mol. The van der Waals surface area contributed by atoms with Gasteiger partial charge in [0.2, 0.25) is 0 Å². The smallest absolute Gasteiger partial charge is 0.275 e. The first-order chi connectivity index (χ1) is 11.8. The number of carbonyl (C=O) groups excluding carboxylic acids is 1. The van der Waals surface area contributed by atoms with Crippen molar-refractivity contribution in [2.24, 2.45) is 0 Å². The first-order valence-corrected chi connectivity index (χ1v) is 8.57. The van der Waals surface area contributed by atoms with Gasteiger partial charge in [0.1, 0.15) is 0 Å². The molecule has 1 aromatic heterocycles. The fourth-order valence-corrected chi connectivity index (χ4v) is 2.78. The van der Waals surface area contributed by atoms with E-state index in [9.17, 15) is 4.79 Å². The van der Waals surface area contributed by atoms with Gasteiger partial charge in [-0.05, 0) is 37.9 Å². The average Bonchev–Trinajstić information content (AvgIpc) is 3.28. The molecule has 0 spiro atoms. The van der Waals surface area contributed by atoms with Crippen LogP contribution in [0.2, 0.25) is 0 Å². The molecular weight excluding hydrogens is 340 g/mol. The van der Waals surface area contributed by atoms with Crippen LogP contribution in [0.3, 0.4) is 0 Å². The fourth-order valence-electron chi connectivity index (χ4n) is 2.78. The Balaban J connectivity index is 0.00000225. The van der Waals surface area contributed by atoms with Crippen molar-refractivity contribution in [1.82, 2.24) is 20.4 Å². The molecule has 1 aliphatic rings. The summed E-state index contributed by atoms with van der Waals surface area (Å²) in [4.78, 5) is 12.5. The van der Waals surface area contributed by atoms with Crippen LogP contribution in [0.25, 0.3) is 5.69 Å². The van der Waals surface area contributed by atoms with E-state index in [-0.39, 0.29) is 18.3 Å². The van der Waals surface area contributed by atoms with Gasteiger partial charge in [0, 0.05) is 12.6 Å². The van der Waals surface area contributed by atoms with E-state index >= 15 is 0 Å². The van der Waals surface area contributed by atoms with E-state index in [0.717, 1.165) is 31.5 Å². The van der Waals surface area contributed by atoms with Crippen LogP contribution >= 0.6 is 12.4 Å². The molecule has 2 N–H and O–H groups in total. The van der Waals surface area contributed by atoms with Crippen molar-refractivity contribution < 1.29 is 9.53 Å². The molecule has 3 rings (SSSR count). The van der Waals surface area contributed by atoms with Gasteiger partial charge in [-0.25, -0.2) is 4.68 Å². The average molecular weight is 365 g/mol. The van der Waals surface area contributed by atoms with E-state index < -0.39 is 0 Å². The fraction of sp³-hybridized carbons (Fsp3) is 0.444. The number of rotatable bonds is 7. The maximum absolute atomic E-state index is 12.5. The van der Waals surface area contributed by atoms with E-state index in [1.807, 2.05) is 37.3 Å². The number of hydrogen-bond acceptors (Lipinski definition) is 4. The van der Waals surface area contributed by atoms with E-state index in [1.165, 1.54) is 0 Å². The Bertz CT molecular complexity index is 669. The van der Waals surface area contributed by atoms with Crippen LogP contribution in [0.5, 0.6) is 5.75 Å². The van der Waals surface area contributed by atoms with Crippen molar-refractivity contribution in [3.05, 3.63) is 42.2 Å². The number of nitrogens with one attached hydrogen (secondary N) is 2. The molecule has 0 saturated carbocycles. The molecule has 0 bridgehead atoms. The van der Waals surface area contributed by atoms with Crippen LogP contribution in [0.15, 0.2) is 36.5 Å². The Morgan fingerprint density at radius 1 is 1.40 bits per heavy atom. The number of carbonyl (C=O) groups is 1. The third-order valence-corrected chi connectivity index (χ3v) is 4.05. The van der Waals surface area contributed by atoms with Crippen molar-refractivity contribution in [1.29, 1.82) is 0 Å². The van der Waals surface area contributed by atoms with Gasteiger partial charge in [-0.2, -0.15) is 5.10 Å². The highest BCUT2D eigenvalue weighted by molar-refractivity contribution is 5.95. The lowest BCUT2D eigenvalue weighted by atomic mass is 10.2. The van der Waals surface area contributed by atoms with Gasteiger partial charge in [-0.1, -0.05) is 25.1 Å². The van der Waals surface area contributed by atoms with Crippen molar-refractivity contribution in [2.75, 3.05) is 19.7 Å². The minimum absolute atomic E-state index is 0. The Labute approximate surface area is 154 Å². The summed E-state index contributed by atoms with van der Waals surface area (Å²) in [6.07, 6.45) is 4.91. The Morgan fingerprint density at radius 2 is 2.20 bits per heavy atom. The zero-order chi connectivity index (χ0) is 16.8. The molecule has 0 aliphatic carbocycles. The summed E-state index contributed by atoms with van der Waals surface area (Å²) in [6, 6.07) is 10.1. The molecule has 1 aromatic carbocycles. The molecule has 1 amide bonds. The zero-order valence-corrected chi connectivity index (χ0v) is 15.2. The number of amides is 1. The molecule has 1 saturated heterocycles. The molecule has 6 nitrogen and oxygen atoms in total. The summed E-state index contributed by atoms with van der Waals surface area (Å²) >= 11 is 0. The lowest BCUT2D eigenvalue weighted by molar-refractivity contribution is 0.0941. The van der Waals surface area contributed by atoms with Crippen molar-refractivity contribution in [2.45, 2.75) is 32.2 Å². The highest BCUT2D eigenvalue weighted by Crippen LogP contribution is 2.20. The van der Waals surface area contributed by atoms with E-state index in [2.05, 4.69) is 15.7 Å². The topological polar surface area (TPSA) is 68.2 Å². The highest BCUT2D eigenvalue weighted by atomic mass is 35.5. The maximum Gasteiger partial charge on any atom is 0.275 e. The lowest BCUT2D eigenvalue weighted by Gasteiger charge is -2.11. The summed E-state index contributed by atoms with van der Waals surface area (Å²) in [6.45, 7) is 4.23. The molecule has 1 unspecified atom stereocenters. The third-order valence-electron chi connectivity index (χ3n) is 4.05. The molecule has 2 heterocycles. The van der Waals surface area contributed by atoms with Crippen LogP contribution in [0.4, 0.5) is 0 Å². The third kappa shape index (κ3) is 4.96. The molecule has 2 aromatic rings. The molecular formula is C18H25ClN4O2. The minimum atomic E-state index is -0.190. The highest BCUT2D eigenvalue weighted by Gasteiger charge is 2.21. The number of ether oxygens (including phenoxy) is 1. The molecule has 136 valence electrons. The second kappa shape index (κ2) is 9.44. The maximum atomic E-state index is 12.5. The standard InChI is InChI=1S/C18H24N4O2.ClH/c1-2-11-24-16-13-22(15-8-4-3-5-9-15)21-17(16)18(23)20-12-14-7-6-10-19-14;/h3-5,8-9,13-14,19H,2,6-7,10-12H2,1H3,(H,20,23);1H. The van der Waals surface area contributed by atoms with Gasteiger partial charge in [-0.3, -0.25) is 4.79 Å². The number of para-hydroxylation sites is 1. The largest absolute Gasteiger partial charge is 0.489 e. The predicted octanol–water partition coefficient (Wildman–Crippen LogP) is 2.56. The van der Waals surface area contributed by atoms with Gasteiger partial charge in [0.15, 0.2) is 11.4 Å². The van der Waals surface area contributed by atoms with E-state index in [4.69, 9.17) is 4.74 Å². The summed E-state index contributed by atoms with van der Waals surface area (Å²) < 4.78 is 7.41. The van der Waals surface area contributed by atoms with Gasteiger partial charge < -0.3 is 15.4 Å². The van der Waals surface area contributed by atoms with Crippen LogP contribution in [-0.4, -0.2) is 41.4 Å². The second-order valence-electron chi connectivity index (χ2n) is 5.97. The zero-order valence-electron chi connectivity index (χ0n) is 14.4. The minimum Gasteiger partial charge on any atom is -0.489 e. The SMILES string of the molecule is CCCOc1cn(-c2ccccc2)nc1C(=O)NCC1CCCN1.Cl. The lowest BCUT2D eigenvalue weighted by Crippen LogP contribution is -2.37. The first-order valence-electron chi connectivity index (χ1n) is 8.57. The quantitative estimate of drug-likeness (QED) is 0.792. The van der Waals surface area contributed by atoms with Gasteiger partial charge in [0.05, 0.1) is 18.5 Å². The van der Waals surface area contributed by atoms with E-state index in [1.54, 1.807) is 10.9 Å². The number of nitrogens with zero attached hydrogens (tertiary/aromatic N) is 2. The summed E-state index contributed by atoms with van der Waals surface area (Å²) in [5, 5.41) is 10.8. The molecule has 25 heavy (non-hydrogen) atoms. The Kier molecular flexibility index (Phi) is 7.28. The number of hydrogen-bond donors (Lipinski definition) is 2. The van der Waals surface area contributed by atoms with E-state index in [0.29, 0.717) is 30.6 Å². The van der Waals surface area contributed by atoms with Crippen LogP contribution in [0, 0.1) is 0 Å². The van der Waals surface area contributed by atoms with Crippen molar-refractivity contribution in [3.8, 4) is 11.4 Å². The van der Waals surface area contributed by atoms with Crippen LogP contribution in [0.1, 0.15) is 36.7 Å². The summed E-state index contributed by atoms with van der Waals surface area (Å²) in [7, 11) is 0. The van der Waals surface area contributed by atoms with Gasteiger partial charge >= 0.3 is 0 Å². The Hall–Kier alpha value is -2.05. The number of halogens is 1. The number of benzene rings is 1. The normalized spacial score (nSPS) is 16.3. The molecule has 1 fully saturated rings. The van der Waals surface area contributed by atoms with Crippen LogP contribution < -0.4 is 15.4 Å². The Morgan fingerprint density at radius 3 is 2.88 bits per heavy atom. The van der Waals surface area contributed by atoms with Crippen molar-refractivity contribution >= 4 is 18.3 Å². The van der Waals surface area contributed by atoms with Gasteiger partial charge in [0.25, 0.3) is 5.91 Å². The van der Waals surface area contributed by atoms with Gasteiger partial charge in [-0.15, -0.1) is 12.4 Å². The van der Waals surface area contributed by atoms with Crippen molar-refractivity contribution in [3.63, 3.8) is 0 Å². The second-order valence-corrected chi connectivity index (χ2v) is 5.97. The summed E-state index contributed by atoms with van der Waals surface area (Å²) in [5.41, 5.74) is 1.24. The molecule has 0 radical (unpaired) electrons. The first kappa shape index (κ1) is 19.3. The molecule has 7 heteroatoms. The summed E-state index contributed by atoms with van der Waals surface area (Å²) in [5.74, 6) is 0.335. The predicted molar refractivity (Wildman–Crippen MR) is 100.0 cm³/mol.